The summed E-state index contributed by atoms with van der Waals surface area (Å²) in [5.74, 6) is 0.821. The molecule has 13 heavy (non-hydrogen) atoms. The van der Waals surface area contributed by atoms with Crippen LogP contribution in [-0.2, 0) is 0 Å². The summed E-state index contributed by atoms with van der Waals surface area (Å²) < 4.78 is 0. The van der Waals surface area contributed by atoms with Crippen molar-refractivity contribution >= 4 is 19.9 Å². The van der Waals surface area contributed by atoms with Crippen LogP contribution in [0.25, 0.3) is 0 Å². The van der Waals surface area contributed by atoms with Gasteiger partial charge in [0.1, 0.15) is 7.28 Å². The van der Waals surface area contributed by atoms with Gasteiger partial charge in [-0.05, 0) is 29.4 Å². The van der Waals surface area contributed by atoms with Gasteiger partial charge in [0.05, 0.1) is 0 Å². The van der Waals surface area contributed by atoms with Crippen molar-refractivity contribution in [3.63, 3.8) is 0 Å². The molecule has 0 heterocycles. The lowest BCUT2D eigenvalue weighted by atomic mass is 9.61. The molecule has 0 aromatic rings. The Hall–Kier alpha value is 0.415. The molecule has 0 saturated heterocycles. The average Bonchev–Trinajstić information content (AvgIpc) is 1.99. The van der Waals surface area contributed by atoms with Gasteiger partial charge < -0.3 is 0 Å². The van der Waals surface area contributed by atoms with Crippen LogP contribution in [-0.4, -0.2) is 12.5 Å². The fraction of sp³-hybridized carbons (Fsp3) is 1.00. The summed E-state index contributed by atoms with van der Waals surface area (Å²) in [6.07, 6.45) is 3.91. The van der Waals surface area contributed by atoms with Crippen LogP contribution < -0.4 is 0 Å². The minimum absolute atomic E-state index is 0.511. The Labute approximate surface area is 90.5 Å². The first-order valence-corrected chi connectivity index (χ1v) is 6.10. The first kappa shape index (κ1) is 13.4. The summed E-state index contributed by atoms with van der Waals surface area (Å²) in [7, 11) is 1.30. The fourth-order valence-corrected chi connectivity index (χ4v) is 1.92. The van der Waals surface area contributed by atoms with Crippen molar-refractivity contribution in [3.05, 3.63) is 0 Å². The maximum absolute atomic E-state index is 4.42. The summed E-state index contributed by atoms with van der Waals surface area (Å²) in [6.45, 7) is 11.6. The van der Waals surface area contributed by atoms with Gasteiger partial charge in [-0.3, -0.25) is 0 Å². The van der Waals surface area contributed by atoms with E-state index in [1.807, 2.05) is 0 Å². The standard InChI is InChI=1S/C11H25BS/c1-9(6-7-10(2)13)11(3,4)8-12-5/h9-10,12-13H,6-8H2,1-5H3/t9-,10-/m1/s1. The van der Waals surface area contributed by atoms with Crippen LogP contribution in [0.15, 0.2) is 0 Å². The molecule has 2 atom stereocenters. The van der Waals surface area contributed by atoms with E-state index in [0.29, 0.717) is 10.7 Å². The number of hydrogen-bond acceptors (Lipinski definition) is 1. The molecule has 2 heteroatoms. The van der Waals surface area contributed by atoms with Gasteiger partial charge in [-0.25, -0.2) is 0 Å². The summed E-state index contributed by atoms with van der Waals surface area (Å²) >= 11 is 4.42. The van der Waals surface area contributed by atoms with Gasteiger partial charge in [0.25, 0.3) is 0 Å². The number of hydrogen-bond donors (Lipinski definition) is 1. The number of thiol groups is 1. The SMILES string of the molecule is CBCC(C)(C)[C@H](C)CC[C@@H](C)S. The highest BCUT2D eigenvalue weighted by Crippen LogP contribution is 2.34. The predicted octanol–water partition coefficient (Wildman–Crippen LogP) is 3.65. The molecule has 0 saturated carbocycles. The van der Waals surface area contributed by atoms with E-state index in [4.69, 9.17) is 0 Å². The molecule has 0 bridgehead atoms. The van der Waals surface area contributed by atoms with E-state index >= 15 is 0 Å². The third kappa shape index (κ3) is 5.67. The molecule has 0 aliphatic heterocycles. The van der Waals surface area contributed by atoms with Crippen molar-refractivity contribution in [1.82, 2.24) is 0 Å². The first-order valence-electron chi connectivity index (χ1n) is 5.58. The van der Waals surface area contributed by atoms with Gasteiger partial charge in [0, 0.05) is 0 Å². The third-order valence-corrected chi connectivity index (χ3v) is 3.50. The number of rotatable bonds is 6. The Morgan fingerprint density at radius 1 is 1.23 bits per heavy atom. The van der Waals surface area contributed by atoms with Crippen LogP contribution in [0, 0.1) is 11.3 Å². The molecule has 78 valence electrons. The fourth-order valence-electron chi connectivity index (χ4n) is 1.77. The highest BCUT2D eigenvalue weighted by Gasteiger charge is 2.24. The Morgan fingerprint density at radius 3 is 2.15 bits per heavy atom. The van der Waals surface area contributed by atoms with Crippen LogP contribution in [0.1, 0.15) is 40.5 Å². The molecule has 0 aliphatic carbocycles. The molecule has 0 aromatic heterocycles. The monoisotopic (exact) mass is 200 g/mol. The van der Waals surface area contributed by atoms with Crippen molar-refractivity contribution in [2.45, 2.75) is 58.9 Å². The Bertz CT molecular complexity index is 132. The summed E-state index contributed by atoms with van der Waals surface area (Å²) in [6, 6.07) is 0. The van der Waals surface area contributed by atoms with Crippen molar-refractivity contribution in [2.24, 2.45) is 11.3 Å². The van der Waals surface area contributed by atoms with Gasteiger partial charge in [-0.15, -0.1) is 0 Å². The van der Waals surface area contributed by atoms with Gasteiger partial charge in [0.2, 0.25) is 0 Å². The second kappa shape index (κ2) is 6.00. The maximum atomic E-state index is 4.42. The van der Waals surface area contributed by atoms with Gasteiger partial charge >= 0.3 is 0 Å². The van der Waals surface area contributed by atoms with Crippen molar-refractivity contribution in [2.75, 3.05) is 0 Å². The van der Waals surface area contributed by atoms with E-state index in [2.05, 4.69) is 47.1 Å². The van der Waals surface area contributed by atoms with Gasteiger partial charge in [0.15, 0.2) is 0 Å². The molecule has 0 radical (unpaired) electrons. The molecule has 0 N–H and O–H groups in total. The van der Waals surface area contributed by atoms with E-state index in [9.17, 15) is 0 Å². The lowest BCUT2D eigenvalue weighted by molar-refractivity contribution is 0.242. The van der Waals surface area contributed by atoms with Crippen molar-refractivity contribution < 1.29 is 0 Å². The first-order chi connectivity index (χ1) is 5.90. The molecule has 0 amide bonds. The van der Waals surface area contributed by atoms with E-state index in [0.717, 1.165) is 5.92 Å². The molecular weight excluding hydrogens is 175 g/mol. The normalized spacial score (nSPS) is 16.8. The summed E-state index contributed by atoms with van der Waals surface area (Å²) in [5.41, 5.74) is 0.511. The second-order valence-electron chi connectivity index (χ2n) is 5.07. The summed E-state index contributed by atoms with van der Waals surface area (Å²) in [4.78, 5) is 0. The Kier molecular flexibility index (Phi) is 6.20. The second-order valence-corrected chi connectivity index (χ2v) is 5.95. The van der Waals surface area contributed by atoms with Crippen LogP contribution in [0.4, 0.5) is 0 Å². The maximum Gasteiger partial charge on any atom is 0.118 e. The van der Waals surface area contributed by atoms with Crippen LogP contribution >= 0.6 is 12.6 Å². The minimum atomic E-state index is 0.511. The zero-order valence-corrected chi connectivity index (χ0v) is 10.8. The Balaban J connectivity index is 3.86. The van der Waals surface area contributed by atoms with Crippen LogP contribution in [0.2, 0.25) is 13.1 Å². The molecule has 0 fully saturated rings. The lowest BCUT2D eigenvalue weighted by Crippen LogP contribution is -2.23. The van der Waals surface area contributed by atoms with E-state index in [-0.39, 0.29) is 0 Å². The third-order valence-electron chi connectivity index (χ3n) is 3.25. The molecule has 0 rings (SSSR count). The highest BCUT2D eigenvalue weighted by atomic mass is 32.1. The smallest absolute Gasteiger partial charge is 0.118 e. The average molecular weight is 200 g/mol. The summed E-state index contributed by atoms with van der Waals surface area (Å²) in [5, 5.41) is 0.555. The van der Waals surface area contributed by atoms with Crippen LogP contribution in [0.5, 0.6) is 0 Å². The molecule has 0 aromatic carbocycles. The predicted molar refractivity (Wildman–Crippen MR) is 68.4 cm³/mol. The zero-order chi connectivity index (χ0) is 10.5. The largest absolute Gasteiger partial charge is 0.176 e. The van der Waals surface area contributed by atoms with Crippen molar-refractivity contribution in [3.8, 4) is 0 Å². The van der Waals surface area contributed by atoms with E-state index < -0.39 is 0 Å². The van der Waals surface area contributed by atoms with E-state index in [1.165, 1.54) is 26.4 Å². The molecule has 0 nitrogen and oxygen atoms in total. The molecular formula is C11H25BS. The molecule has 0 aliphatic rings. The topological polar surface area (TPSA) is 0 Å². The van der Waals surface area contributed by atoms with Crippen LogP contribution in [0.3, 0.4) is 0 Å². The highest BCUT2D eigenvalue weighted by molar-refractivity contribution is 7.80. The molecule has 0 unspecified atom stereocenters. The lowest BCUT2D eigenvalue weighted by Gasteiger charge is -2.32. The quantitative estimate of drug-likeness (QED) is 0.491. The van der Waals surface area contributed by atoms with E-state index in [1.54, 1.807) is 0 Å². The van der Waals surface area contributed by atoms with Gasteiger partial charge in [-0.2, -0.15) is 12.6 Å². The Morgan fingerprint density at radius 2 is 1.77 bits per heavy atom. The zero-order valence-electron chi connectivity index (χ0n) is 9.93. The van der Waals surface area contributed by atoms with Crippen molar-refractivity contribution in [1.29, 1.82) is 0 Å². The van der Waals surface area contributed by atoms with Gasteiger partial charge in [-0.1, -0.05) is 40.8 Å². The minimum Gasteiger partial charge on any atom is -0.176 e. The molecule has 0 spiro atoms.